The average Bonchev–Trinajstić information content (AvgIpc) is 2.58. The van der Waals surface area contributed by atoms with Crippen LogP contribution in [0.2, 0.25) is 0 Å². The molecular formula is C21H18N2O2. The van der Waals surface area contributed by atoms with E-state index in [1.54, 1.807) is 12.2 Å². The molecule has 0 saturated heterocycles. The van der Waals surface area contributed by atoms with E-state index in [-0.39, 0.29) is 28.8 Å². The number of ketones is 2. The molecule has 3 aliphatic carbocycles. The van der Waals surface area contributed by atoms with Gasteiger partial charge in [0.25, 0.3) is 0 Å². The van der Waals surface area contributed by atoms with Gasteiger partial charge in [-0.05, 0) is 36.5 Å². The van der Waals surface area contributed by atoms with Crippen molar-refractivity contribution < 1.29 is 9.59 Å². The molecule has 3 aliphatic rings. The molecule has 0 bridgehead atoms. The van der Waals surface area contributed by atoms with E-state index in [9.17, 15) is 14.9 Å². The summed E-state index contributed by atoms with van der Waals surface area (Å²) < 4.78 is 0. The Bertz CT molecular complexity index is 926. The number of carbonyl (C=O) groups excluding carboxylic acids is 2. The summed E-state index contributed by atoms with van der Waals surface area (Å²) in [6.07, 6.45) is 11.9. The van der Waals surface area contributed by atoms with Gasteiger partial charge in [-0.3, -0.25) is 4.79 Å². The molecule has 0 amide bonds. The second-order valence-electron chi connectivity index (χ2n) is 7.77. The molecule has 4 nitrogen and oxygen atoms in total. The molecule has 1 saturated carbocycles. The Morgan fingerprint density at radius 2 is 2.00 bits per heavy atom. The molecule has 3 atom stereocenters. The van der Waals surface area contributed by atoms with Crippen molar-refractivity contribution in [2.24, 2.45) is 22.2 Å². The average molecular weight is 330 g/mol. The first kappa shape index (κ1) is 16.9. The summed E-state index contributed by atoms with van der Waals surface area (Å²) in [4.78, 5) is 28.5. The topological polar surface area (TPSA) is 62.3 Å². The van der Waals surface area contributed by atoms with Gasteiger partial charge in [-0.2, -0.15) is 5.26 Å². The van der Waals surface area contributed by atoms with E-state index in [1.807, 2.05) is 26.8 Å². The summed E-state index contributed by atoms with van der Waals surface area (Å²) in [5.41, 5.74) is -1.32. The second-order valence-corrected chi connectivity index (χ2v) is 7.77. The number of Topliss-reactive ketones (excluding diaryl/α,β-unsaturated/α-hetero) is 1. The van der Waals surface area contributed by atoms with Gasteiger partial charge >= 0.3 is 0 Å². The van der Waals surface area contributed by atoms with Crippen LogP contribution in [-0.2, 0) is 9.59 Å². The molecule has 0 heterocycles. The molecular weight excluding hydrogens is 312 g/mol. The predicted molar refractivity (Wildman–Crippen MR) is 92.4 cm³/mol. The number of nitriles is 1. The Labute approximate surface area is 147 Å². The molecule has 0 aromatic heterocycles. The molecule has 0 aromatic rings. The van der Waals surface area contributed by atoms with Crippen molar-refractivity contribution in [1.82, 2.24) is 0 Å². The molecule has 1 fully saturated rings. The van der Waals surface area contributed by atoms with E-state index in [1.165, 1.54) is 6.08 Å². The Balaban J connectivity index is 2.31. The van der Waals surface area contributed by atoms with E-state index >= 15 is 0 Å². The summed E-state index contributed by atoms with van der Waals surface area (Å²) in [5.74, 6) is 2.21. The van der Waals surface area contributed by atoms with Crippen molar-refractivity contribution >= 4 is 11.6 Å². The normalized spacial score (nSPS) is 35.7. The molecule has 124 valence electrons. The second kappa shape index (κ2) is 5.05. The number of hydrogen-bond donors (Lipinski definition) is 0. The van der Waals surface area contributed by atoms with Gasteiger partial charge in [-0.1, -0.05) is 32.8 Å². The highest BCUT2D eigenvalue weighted by Crippen LogP contribution is 2.63. The summed E-state index contributed by atoms with van der Waals surface area (Å²) in [5, 5.41) is 9.22. The lowest BCUT2D eigenvalue weighted by Crippen LogP contribution is -2.53. The van der Waals surface area contributed by atoms with Crippen LogP contribution in [0.3, 0.4) is 0 Å². The molecule has 0 radical (unpaired) electrons. The number of carbonyl (C=O) groups is 2. The highest BCUT2D eigenvalue weighted by molar-refractivity contribution is 6.09. The van der Waals surface area contributed by atoms with Crippen molar-refractivity contribution in [2.45, 2.75) is 33.6 Å². The van der Waals surface area contributed by atoms with Crippen LogP contribution >= 0.6 is 0 Å². The van der Waals surface area contributed by atoms with Crippen molar-refractivity contribution in [2.75, 3.05) is 0 Å². The number of allylic oxidation sites excluding steroid dienone is 6. The molecule has 0 aromatic carbocycles. The molecule has 3 rings (SSSR count). The Kier molecular flexibility index (Phi) is 3.42. The molecule has 4 heteroatoms. The van der Waals surface area contributed by atoms with Gasteiger partial charge in [-0.15, -0.1) is 6.42 Å². The third-order valence-corrected chi connectivity index (χ3v) is 6.17. The number of rotatable bonds is 0. The summed E-state index contributed by atoms with van der Waals surface area (Å²) >= 11 is 0. The molecule has 0 spiro atoms. The molecule has 0 aliphatic heterocycles. The highest BCUT2D eigenvalue weighted by Gasteiger charge is 2.59. The van der Waals surface area contributed by atoms with Crippen molar-refractivity contribution in [3.63, 3.8) is 0 Å². The van der Waals surface area contributed by atoms with Gasteiger partial charge in [0.2, 0.25) is 5.70 Å². The zero-order chi connectivity index (χ0) is 18.6. The van der Waals surface area contributed by atoms with E-state index in [0.29, 0.717) is 12.8 Å². The summed E-state index contributed by atoms with van der Waals surface area (Å²) in [6.45, 7) is 13.1. The first-order valence-corrected chi connectivity index (χ1v) is 8.19. The van der Waals surface area contributed by atoms with Gasteiger partial charge in [0.15, 0.2) is 11.6 Å². The molecule has 0 N–H and O–H groups in total. The van der Waals surface area contributed by atoms with Crippen LogP contribution in [-0.4, -0.2) is 11.6 Å². The third-order valence-electron chi connectivity index (χ3n) is 6.17. The number of fused-ring (bicyclic) bond motifs is 3. The molecule has 25 heavy (non-hydrogen) atoms. The highest BCUT2D eigenvalue weighted by atomic mass is 16.1. The first-order valence-electron chi connectivity index (χ1n) is 8.19. The lowest BCUT2D eigenvalue weighted by Gasteiger charge is -2.56. The van der Waals surface area contributed by atoms with Gasteiger partial charge < -0.3 is 4.79 Å². The number of nitrogens with zero attached hydrogens (tertiary/aromatic N) is 2. The number of terminal acetylenes is 1. The van der Waals surface area contributed by atoms with Crippen LogP contribution in [0.25, 0.3) is 4.85 Å². The lowest BCUT2D eigenvalue weighted by molar-refractivity contribution is -0.130. The fourth-order valence-corrected chi connectivity index (χ4v) is 4.92. The van der Waals surface area contributed by atoms with Crippen LogP contribution < -0.4 is 0 Å². The van der Waals surface area contributed by atoms with Crippen LogP contribution in [0.1, 0.15) is 33.6 Å². The predicted octanol–water partition coefficient (Wildman–Crippen LogP) is 3.39. The smallest absolute Gasteiger partial charge is 0.226 e. The van der Waals surface area contributed by atoms with Crippen LogP contribution in [0.15, 0.2) is 35.1 Å². The van der Waals surface area contributed by atoms with Gasteiger partial charge in [0.05, 0.1) is 17.6 Å². The SMILES string of the molecule is [C-]#[N+]C1=C[C@]2(C)C3=CC(=O)C(C#N)=C[C@]3(C#C)CCC2C(C)(C)C1=O. The van der Waals surface area contributed by atoms with Gasteiger partial charge in [0.1, 0.15) is 6.07 Å². The third kappa shape index (κ3) is 2.00. The maximum absolute atomic E-state index is 12.7. The number of hydrogen-bond acceptors (Lipinski definition) is 3. The van der Waals surface area contributed by atoms with Gasteiger partial charge in [0, 0.05) is 10.8 Å². The Morgan fingerprint density at radius 3 is 2.56 bits per heavy atom. The fraction of sp³-hybridized carbons (Fsp3) is 0.429. The zero-order valence-corrected chi connectivity index (χ0v) is 14.5. The van der Waals surface area contributed by atoms with E-state index in [0.717, 1.165) is 5.57 Å². The quantitative estimate of drug-likeness (QED) is 0.505. The minimum Gasteiger partial charge on any atom is -0.307 e. The minimum absolute atomic E-state index is 0.0595. The maximum atomic E-state index is 12.7. The first-order chi connectivity index (χ1) is 11.7. The van der Waals surface area contributed by atoms with Crippen LogP contribution in [0.4, 0.5) is 0 Å². The van der Waals surface area contributed by atoms with E-state index in [4.69, 9.17) is 13.0 Å². The van der Waals surface area contributed by atoms with Crippen molar-refractivity contribution in [3.05, 3.63) is 46.5 Å². The monoisotopic (exact) mass is 330 g/mol. The standard InChI is InChI=1S/C21H18N2O2/c1-6-21-8-7-16-19(2,3)18(25)14(23-5)11-20(16,4)17(21)9-15(24)13(10-21)12-22/h1,9-11,16H,7-8H2,2-4H3/t16?,20-,21-/m0/s1. The largest absolute Gasteiger partial charge is 0.307 e. The van der Waals surface area contributed by atoms with E-state index in [2.05, 4.69) is 10.8 Å². The van der Waals surface area contributed by atoms with Gasteiger partial charge in [-0.25, -0.2) is 4.85 Å². The van der Waals surface area contributed by atoms with Crippen molar-refractivity contribution in [3.8, 4) is 18.4 Å². The molecule has 1 unspecified atom stereocenters. The maximum Gasteiger partial charge on any atom is 0.226 e. The Hall–Kier alpha value is -2.90. The van der Waals surface area contributed by atoms with Crippen LogP contribution in [0, 0.1) is 52.4 Å². The van der Waals surface area contributed by atoms with Crippen LogP contribution in [0.5, 0.6) is 0 Å². The van der Waals surface area contributed by atoms with E-state index < -0.39 is 16.2 Å². The minimum atomic E-state index is -0.815. The lowest BCUT2D eigenvalue weighted by atomic mass is 9.46. The Morgan fingerprint density at radius 1 is 1.32 bits per heavy atom. The zero-order valence-electron chi connectivity index (χ0n) is 14.5. The summed E-state index contributed by atoms with van der Waals surface area (Å²) in [6, 6.07) is 1.93. The van der Waals surface area contributed by atoms with Crippen molar-refractivity contribution in [1.29, 1.82) is 5.26 Å². The fourth-order valence-electron chi connectivity index (χ4n) is 4.92. The summed E-state index contributed by atoms with van der Waals surface area (Å²) in [7, 11) is 0.